The molecule has 0 saturated carbocycles. The van der Waals surface area contributed by atoms with Crippen molar-refractivity contribution in [3.05, 3.63) is 35.4 Å². The Bertz CT molecular complexity index is 479. The molecular formula is C15H17NO2. The van der Waals surface area contributed by atoms with Gasteiger partial charge >= 0.3 is 0 Å². The van der Waals surface area contributed by atoms with Crippen molar-refractivity contribution < 1.29 is 9.90 Å². The van der Waals surface area contributed by atoms with Crippen LogP contribution in [-0.4, -0.2) is 35.6 Å². The van der Waals surface area contributed by atoms with E-state index in [2.05, 4.69) is 11.8 Å². The highest BCUT2D eigenvalue weighted by Gasteiger charge is 2.19. The van der Waals surface area contributed by atoms with E-state index < -0.39 is 0 Å². The molecule has 0 aromatic heterocycles. The van der Waals surface area contributed by atoms with Gasteiger partial charge in [-0.05, 0) is 31.4 Å². The van der Waals surface area contributed by atoms with Crippen molar-refractivity contribution in [3.63, 3.8) is 0 Å². The number of amides is 1. The van der Waals surface area contributed by atoms with Gasteiger partial charge in [0.1, 0.15) is 6.61 Å². The lowest BCUT2D eigenvalue weighted by atomic mass is 10.0. The zero-order valence-corrected chi connectivity index (χ0v) is 10.4. The molecule has 0 atom stereocenters. The molecule has 0 unspecified atom stereocenters. The summed E-state index contributed by atoms with van der Waals surface area (Å²) in [5.41, 5.74) is 1.34. The summed E-state index contributed by atoms with van der Waals surface area (Å²) in [5.74, 6) is 5.49. The molecular weight excluding hydrogens is 226 g/mol. The van der Waals surface area contributed by atoms with Gasteiger partial charge in [0, 0.05) is 18.7 Å². The summed E-state index contributed by atoms with van der Waals surface area (Å²) in [5, 5.41) is 8.74. The molecule has 1 amide bonds. The minimum absolute atomic E-state index is 0.0533. The summed E-state index contributed by atoms with van der Waals surface area (Å²) in [6, 6.07) is 7.33. The lowest BCUT2D eigenvalue weighted by molar-refractivity contribution is 0.0724. The summed E-state index contributed by atoms with van der Waals surface area (Å²) in [6.07, 6.45) is 3.36. The highest BCUT2D eigenvalue weighted by atomic mass is 16.2. The molecule has 0 aliphatic carbocycles. The van der Waals surface area contributed by atoms with E-state index in [1.165, 1.54) is 6.42 Å². The molecule has 3 heteroatoms. The number of aliphatic hydroxyl groups excluding tert-OH is 1. The maximum Gasteiger partial charge on any atom is 0.255 e. The summed E-state index contributed by atoms with van der Waals surface area (Å²) < 4.78 is 0. The van der Waals surface area contributed by atoms with E-state index in [1.54, 1.807) is 6.07 Å². The number of aliphatic hydroxyl groups is 1. The first-order chi connectivity index (χ1) is 8.83. The van der Waals surface area contributed by atoms with Crippen LogP contribution in [0.1, 0.15) is 35.2 Å². The lowest BCUT2D eigenvalue weighted by Gasteiger charge is -2.27. The molecule has 1 saturated heterocycles. The van der Waals surface area contributed by atoms with Crippen LogP contribution >= 0.6 is 0 Å². The number of piperidine rings is 1. The van der Waals surface area contributed by atoms with Crippen LogP contribution in [-0.2, 0) is 0 Å². The SMILES string of the molecule is O=C(c1ccccc1C#CCO)N1CCCCC1. The molecule has 1 N–H and O–H groups in total. The Morgan fingerprint density at radius 2 is 1.94 bits per heavy atom. The van der Waals surface area contributed by atoms with E-state index in [9.17, 15) is 4.79 Å². The number of hydrogen-bond acceptors (Lipinski definition) is 2. The zero-order valence-electron chi connectivity index (χ0n) is 10.4. The summed E-state index contributed by atoms with van der Waals surface area (Å²) >= 11 is 0. The number of likely N-dealkylation sites (tertiary alicyclic amines) is 1. The van der Waals surface area contributed by atoms with Gasteiger partial charge in [0.15, 0.2) is 0 Å². The minimum atomic E-state index is -0.188. The molecule has 1 fully saturated rings. The fourth-order valence-electron chi connectivity index (χ4n) is 2.18. The second kappa shape index (κ2) is 6.23. The highest BCUT2D eigenvalue weighted by Crippen LogP contribution is 2.15. The number of nitrogens with zero attached hydrogens (tertiary/aromatic N) is 1. The van der Waals surface area contributed by atoms with Crippen LogP contribution < -0.4 is 0 Å². The maximum absolute atomic E-state index is 12.4. The zero-order chi connectivity index (χ0) is 12.8. The summed E-state index contributed by atoms with van der Waals surface area (Å²) in [4.78, 5) is 14.3. The predicted octanol–water partition coefficient (Wildman–Crippen LogP) is 1.66. The fourth-order valence-corrected chi connectivity index (χ4v) is 2.18. The van der Waals surface area contributed by atoms with Crippen molar-refractivity contribution in [1.82, 2.24) is 4.90 Å². The van der Waals surface area contributed by atoms with Gasteiger partial charge in [0.05, 0.1) is 5.56 Å². The molecule has 94 valence electrons. The number of carbonyl (C=O) groups excluding carboxylic acids is 1. The fraction of sp³-hybridized carbons (Fsp3) is 0.400. The van der Waals surface area contributed by atoms with E-state index in [0.29, 0.717) is 11.1 Å². The minimum Gasteiger partial charge on any atom is -0.384 e. The first kappa shape index (κ1) is 12.7. The van der Waals surface area contributed by atoms with Crippen molar-refractivity contribution in [2.24, 2.45) is 0 Å². The average molecular weight is 243 g/mol. The summed E-state index contributed by atoms with van der Waals surface area (Å²) in [6.45, 7) is 1.48. The van der Waals surface area contributed by atoms with Crippen molar-refractivity contribution in [3.8, 4) is 11.8 Å². The third-order valence-electron chi connectivity index (χ3n) is 3.10. The van der Waals surface area contributed by atoms with Gasteiger partial charge in [0.2, 0.25) is 0 Å². The number of benzene rings is 1. The molecule has 2 rings (SSSR count). The van der Waals surface area contributed by atoms with Gasteiger partial charge < -0.3 is 10.0 Å². The quantitative estimate of drug-likeness (QED) is 0.762. The van der Waals surface area contributed by atoms with Gasteiger partial charge in [-0.3, -0.25) is 4.79 Å². The van der Waals surface area contributed by atoms with Crippen LogP contribution in [0.15, 0.2) is 24.3 Å². The average Bonchev–Trinajstić information content (AvgIpc) is 2.45. The highest BCUT2D eigenvalue weighted by molar-refractivity contribution is 5.96. The lowest BCUT2D eigenvalue weighted by Crippen LogP contribution is -2.35. The molecule has 1 aliphatic heterocycles. The van der Waals surface area contributed by atoms with E-state index >= 15 is 0 Å². The maximum atomic E-state index is 12.4. The topological polar surface area (TPSA) is 40.5 Å². The van der Waals surface area contributed by atoms with Crippen molar-refractivity contribution in [2.45, 2.75) is 19.3 Å². The molecule has 3 nitrogen and oxygen atoms in total. The van der Waals surface area contributed by atoms with Gasteiger partial charge in [-0.25, -0.2) is 0 Å². The van der Waals surface area contributed by atoms with Crippen molar-refractivity contribution in [1.29, 1.82) is 0 Å². The van der Waals surface area contributed by atoms with Gasteiger partial charge in [-0.1, -0.05) is 24.0 Å². The van der Waals surface area contributed by atoms with Crippen LogP contribution in [0.3, 0.4) is 0 Å². The van der Waals surface area contributed by atoms with E-state index in [0.717, 1.165) is 25.9 Å². The Labute approximate surface area is 107 Å². The molecule has 18 heavy (non-hydrogen) atoms. The Kier molecular flexibility index (Phi) is 4.38. The molecule has 1 aromatic carbocycles. The van der Waals surface area contributed by atoms with Gasteiger partial charge in [-0.15, -0.1) is 0 Å². The molecule has 0 bridgehead atoms. The number of rotatable bonds is 1. The molecule has 1 aromatic rings. The standard InChI is InChI=1S/C15H17NO2/c17-12-6-8-13-7-2-3-9-14(13)15(18)16-10-4-1-5-11-16/h2-3,7,9,17H,1,4-5,10-12H2. The Hall–Kier alpha value is -1.79. The van der Waals surface area contributed by atoms with E-state index in [-0.39, 0.29) is 12.5 Å². The van der Waals surface area contributed by atoms with E-state index in [1.807, 2.05) is 23.1 Å². The molecule has 1 aliphatic rings. The molecule has 1 heterocycles. The number of hydrogen-bond donors (Lipinski definition) is 1. The van der Waals surface area contributed by atoms with Crippen LogP contribution in [0.4, 0.5) is 0 Å². The Balaban J connectivity index is 2.23. The normalized spacial score (nSPS) is 14.8. The predicted molar refractivity (Wildman–Crippen MR) is 70.2 cm³/mol. The second-order valence-corrected chi connectivity index (χ2v) is 4.36. The van der Waals surface area contributed by atoms with E-state index in [4.69, 9.17) is 5.11 Å². The molecule has 0 radical (unpaired) electrons. The van der Waals surface area contributed by atoms with Crippen LogP contribution in [0, 0.1) is 11.8 Å². The van der Waals surface area contributed by atoms with Gasteiger partial charge in [-0.2, -0.15) is 0 Å². The second-order valence-electron chi connectivity index (χ2n) is 4.36. The van der Waals surface area contributed by atoms with Crippen LogP contribution in [0.5, 0.6) is 0 Å². The van der Waals surface area contributed by atoms with Crippen molar-refractivity contribution >= 4 is 5.91 Å². The smallest absolute Gasteiger partial charge is 0.255 e. The molecule has 0 spiro atoms. The Morgan fingerprint density at radius 1 is 1.22 bits per heavy atom. The Morgan fingerprint density at radius 3 is 2.67 bits per heavy atom. The van der Waals surface area contributed by atoms with Crippen molar-refractivity contribution in [2.75, 3.05) is 19.7 Å². The summed E-state index contributed by atoms with van der Waals surface area (Å²) in [7, 11) is 0. The monoisotopic (exact) mass is 243 g/mol. The van der Waals surface area contributed by atoms with Gasteiger partial charge in [0.25, 0.3) is 5.91 Å². The van der Waals surface area contributed by atoms with Crippen LogP contribution in [0.2, 0.25) is 0 Å². The van der Waals surface area contributed by atoms with Crippen LogP contribution in [0.25, 0.3) is 0 Å². The third kappa shape index (κ3) is 2.91. The first-order valence-corrected chi connectivity index (χ1v) is 6.31. The first-order valence-electron chi connectivity index (χ1n) is 6.31. The largest absolute Gasteiger partial charge is 0.384 e. The third-order valence-corrected chi connectivity index (χ3v) is 3.10. The number of carbonyl (C=O) groups is 1.